The second kappa shape index (κ2) is 4.15. The number of hydrogen-bond acceptors (Lipinski definition) is 0. The maximum Gasteiger partial charge on any atom is 0.00451 e. The number of allylic oxidation sites excluding steroid dienone is 4. The molecule has 0 spiro atoms. The molecule has 0 aromatic rings. The molecule has 1 atom stereocenters. The van der Waals surface area contributed by atoms with E-state index in [1.54, 1.807) is 11.5 Å². The van der Waals surface area contributed by atoms with Crippen LogP contribution in [0.2, 0.25) is 0 Å². The summed E-state index contributed by atoms with van der Waals surface area (Å²) >= 11 is 0. The minimum absolute atomic E-state index is 0.319. The van der Waals surface area contributed by atoms with Crippen LogP contribution in [0.1, 0.15) is 52.9 Å². The summed E-state index contributed by atoms with van der Waals surface area (Å²) in [5.41, 5.74) is 1.93. The lowest BCUT2D eigenvalue weighted by molar-refractivity contribution is 0.451. The summed E-state index contributed by atoms with van der Waals surface area (Å²) in [6, 6.07) is 0. The van der Waals surface area contributed by atoms with Crippen molar-refractivity contribution in [1.82, 2.24) is 0 Å². The SMILES string of the molecule is CC(C)(C)/C1=C/C=C\CCC2CCC[C]12. The predicted octanol–water partition coefficient (Wildman–Crippen LogP) is 4.68. The molecule has 1 saturated carbocycles. The van der Waals surface area contributed by atoms with E-state index < -0.39 is 0 Å². The fourth-order valence-electron chi connectivity index (χ4n) is 2.99. The number of fused-ring (bicyclic) bond motifs is 1. The van der Waals surface area contributed by atoms with E-state index in [1.165, 1.54) is 32.1 Å². The lowest BCUT2D eigenvalue weighted by atomic mass is 9.73. The van der Waals surface area contributed by atoms with Crippen molar-refractivity contribution in [3.8, 4) is 0 Å². The van der Waals surface area contributed by atoms with Gasteiger partial charge in [-0.3, -0.25) is 0 Å². The van der Waals surface area contributed by atoms with Crippen LogP contribution in [-0.4, -0.2) is 0 Å². The molecule has 0 aromatic carbocycles. The molecule has 0 heteroatoms. The van der Waals surface area contributed by atoms with E-state index in [4.69, 9.17) is 0 Å². The third-order valence-electron chi connectivity index (χ3n) is 3.73. The van der Waals surface area contributed by atoms with Gasteiger partial charge in [0.1, 0.15) is 0 Å². The molecule has 0 saturated heterocycles. The van der Waals surface area contributed by atoms with Crippen molar-refractivity contribution in [2.24, 2.45) is 11.3 Å². The van der Waals surface area contributed by atoms with Gasteiger partial charge in [-0.25, -0.2) is 0 Å². The van der Waals surface area contributed by atoms with Crippen molar-refractivity contribution in [2.45, 2.75) is 52.9 Å². The van der Waals surface area contributed by atoms with Crippen molar-refractivity contribution in [2.75, 3.05) is 0 Å². The summed E-state index contributed by atoms with van der Waals surface area (Å²) in [5, 5.41) is 0. The predicted molar refractivity (Wildman–Crippen MR) is 66.5 cm³/mol. The standard InChI is InChI=1S/C15H23/c1-15(2,3)14-11-6-4-5-8-12-9-7-10-13(12)14/h4,6,11-12H,5,7-10H2,1-3H3/b6-4-,14-11+. The van der Waals surface area contributed by atoms with E-state index in [2.05, 4.69) is 39.0 Å². The van der Waals surface area contributed by atoms with Gasteiger partial charge in [0.05, 0.1) is 0 Å². The maximum absolute atomic E-state index is 2.37. The Morgan fingerprint density at radius 3 is 2.73 bits per heavy atom. The Morgan fingerprint density at radius 1 is 1.20 bits per heavy atom. The molecule has 0 N–H and O–H groups in total. The molecule has 0 amide bonds. The van der Waals surface area contributed by atoms with Crippen molar-refractivity contribution in [1.29, 1.82) is 0 Å². The molecule has 2 rings (SSSR count). The average molecular weight is 203 g/mol. The largest absolute Gasteiger partial charge is 0.0845 e. The van der Waals surface area contributed by atoms with Gasteiger partial charge < -0.3 is 0 Å². The van der Waals surface area contributed by atoms with Gasteiger partial charge >= 0.3 is 0 Å². The van der Waals surface area contributed by atoms with E-state index in [-0.39, 0.29) is 0 Å². The zero-order valence-electron chi connectivity index (χ0n) is 10.3. The average Bonchev–Trinajstić information content (AvgIpc) is 2.49. The third-order valence-corrected chi connectivity index (χ3v) is 3.73. The summed E-state index contributed by atoms with van der Waals surface area (Å²) in [6.07, 6.45) is 13.8. The van der Waals surface area contributed by atoms with E-state index in [0.717, 1.165) is 5.92 Å². The van der Waals surface area contributed by atoms with E-state index >= 15 is 0 Å². The monoisotopic (exact) mass is 203 g/mol. The van der Waals surface area contributed by atoms with Crippen molar-refractivity contribution in [3.63, 3.8) is 0 Å². The zero-order valence-corrected chi connectivity index (χ0v) is 10.3. The highest BCUT2D eigenvalue weighted by molar-refractivity contribution is 5.36. The Balaban J connectivity index is 2.29. The molecule has 2 aliphatic rings. The normalized spacial score (nSPS) is 33.8. The first-order chi connectivity index (χ1) is 7.09. The molecule has 0 heterocycles. The molecule has 0 aliphatic heterocycles. The smallest absolute Gasteiger partial charge is 0.00451 e. The molecule has 0 nitrogen and oxygen atoms in total. The molecule has 2 aliphatic carbocycles. The van der Waals surface area contributed by atoms with Crippen molar-refractivity contribution < 1.29 is 0 Å². The molecule has 1 fully saturated rings. The van der Waals surface area contributed by atoms with Crippen LogP contribution in [0.4, 0.5) is 0 Å². The second-order valence-electron chi connectivity index (χ2n) is 5.95. The molecule has 0 bridgehead atoms. The van der Waals surface area contributed by atoms with Gasteiger partial charge in [0.25, 0.3) is 0 Å². The molecule has 0 aromatic heterocycles. The van der Waals surface area contributed by atoms with Crippen molar-refractivity contribution in [3.05, 3.63) is 29.7 Å². The van der Waals surface area contributed by atoms with Gasteiger partial charge in [-0.05, 0) is 37.0 Å². The van der Waals surface area contributed by atoms with Crippen molar-refractivity contribution >= 4 is 0 Å². The van der Waals surface area contributed by atoms with Gasteiger partial charge in [-0.2, -0.15) is 0 Å². The van der Waals surface area contributed by atoms with Crippen LogP contribution >= 0.6 is 0 Å². The zero-order chi connectivity index (χ0) is 10.9. The van der Waals surface area contributed by atoms with Crippen LogP contribution in [-0.2, 0) is 0 Å². The molecule has 15 heavy (non-hydrogen) atoms. The molecule has 1 unspecified atom stereocenters. The Labute approximate surface area is 94.5 Å². The van der Waals surface area contributed by atoms with Gasteiger partial charge in [-0.1, -0.05) is 51.0 Å². The van der Waals surface area contributed by atoms with Crippen LogP contribution in [0, 0.1) is 17.3 Å². The summed E-state index contributed by atoms with van der Waals surface area (Å²) in [5.74, 6) is 2.66. The van der Waals surface area contributed by atoms with Gasteiger partial charge in [0.15, 0.2) is 0 Å². The Morgan fingerprint density at radius 2 is 2.00 bits per heavy atom. The first-order valence-corrected chi connectivity index (χ1v) is 6.32. The minimum atomic E-state index is 0.319. The number of rotatable bonds is 0. The molecule has 83 valence electrons. The van der Waals surface area contributed by atoms with Gasteiger partial charge in [-0.15, -0.1) is 0 Å². The maximum atomic E-state index is 2.37. The highest BCUT2D eigenvalue weighted by atomic mass is 14.4. The highest BCUT2D eigenvalue weighted by Crippen LogP contribution is 2.47. The molecular weight excluding hydrogens is 180 g/mol. The van der Waals surface area contributed by atoms with Crippen LogP contribution in [0.3, 0.4) is 0 Å². The Hall–Kier alpha value is -0.520. The highest BCUT2D eigenvalue weighted by Gasteiger charge is 2.34. The molecular formula is C15H23. The van der Waals surface area contributed by atoms with Crippen LogP contribution in [0.5, 0.6) is 0 Å². The number of hydrogen-bond donors (Lipinski definition) is 0. The fraction of sp³-hybridized carbons (Fsp3) is 0.667. The van der Waals surface area contributed by atoms with Gasteiger partial charge in [0.2, 0.25) is 0 Å². The first-order valence-electron chi connectivity index (χ1n) is 6.32. The fourth-order valence-corrected chi connectivity index (χ4v) is 2.99. The van der Waals surface area contributed by atoms with E-state index in [0.29, 0.717) is 5.41 Å². The van der Waals surface area contributed by atoms with Crippen LogP contribution in [0.15, 0.2) is 23.8 Å². The van der Waals surface area contributed by atoms with Crippen LogP contribution in [0.25, 0.3) is 0 Å². The third kappa shape index (κ3) is 2.35. The quantitative estimate of drug-likeness (QED) is 0.536. The lowest BCUT2D eigenvalue weighted by Crippen LogP contribution is -2.20. The first kappa shape index (κ1) is 11.0. The van der Waals surface area contributed by atoms with E-state index in [9.17, 15) is 0 Å². The lowest BCUT2D eigenvalue weighted by Gasteiger charge is -2.32. The van der Waals surface area contributed by atoms with Crippen LogP contribution < -0.4 is 0 Å². The summed E-state index contributed by atoms with van der Waals surface area (Å²) < 4.78 is 0. The second-order valence-corrected chi connectivity index (χ2v) is 5.95. The summed E-state index contributed by atoms with van der Waals surface area (Å²) in [6.45, 7) is 7.03. The van der Waals surface area contributed by atoms with Gasteiger partial charge in [0, 0.05) is 5.92 Å². The minimum Gasteiger partial charge on any atom is -0.0845 e. The topological polar surface area (TPSA) is 0 Å². The van der Waals surface area contributed by atoms with E-state index in [1.807, 2.05) is 0 Å². The summed E-state index contributed by atoms with van der Waals surface area (Å²) in [4.78, 5) is 0. The Kier molecular flexibility index (Phi) is 3.04. The molecule has 1 radical (unpaired) electrons. The summed E-state index contributed by atoms with van der Waals surface area (Å²) in [7, 11) is 0. The Bertz CT molecular complexity index is 275.